The summed E-state index contributed by atoms with van der Waals surface area (Å²) < 4.78 is 7.03. The number of ether oxygens (including phenoxy) is 1. The Morgan fingerprint density at radius 1 is 0.182 bits per heavy atom. The van der Waals surface area contributed by atoms with Crippen LogP contribution in [0.2, 0.25) is 0 Å². The van der Waals surface area contributed by atoms with Gasteiger partial charge in [-0.2, -0.15) is 0 Å². The van der Waals surface area contributed by atoms with Crippen LogP contribution in [0, 0.1) is 3.57 Å². The molecule has 0 radical (unpaired) electrons. The summed E-state index contributed by atoms with van der Waals surface area (Å²) in [6.45, 7) is 4.59. The van der Waals surface area contributed by atoms with Crippen LogP contribution >= 0.6 is 34.4 Å². The van der Waals surface area contributed by atoms with Crippen molar-refractivity contribution in [3.63, 3.8) is 0 Å². The molecule has 0 aliphatic rings. The molecule has 2 rings (SSSR count). The van der Waals surface area contributed by atoms with E-state index in [2.05, 4.69) is 91.0 Å². The van der Waals surface area contributed by atoms with E-state index in [4.69, 9.17) is 4.74 Å². The Labute approximate surface area is 3650 Å². The van der Waals surface area contributed by atoms with E-state index in [1.54, 1.807) is 0 Å². The zero-order chi connectivity index (χ0) is 137. The number of nitrogens with zero attached hydrogens (tertiary/aromatic N) is 1. The first-order chi connectivity index (χ1) is 71.1. The SMILES string of the molecule is CCCOCc1cc(I)ccc1Sc1ccccc1CN(C)C.[K][K].[K][K].[K][K].[K][K].[K][K].[K][K].[K][K].[K][K].[K][K].[K][K].[K][K].[K][K].[K][K].[K][K].[K][K].[K][K].[K][K].[K][K].[K][K].[K][K].[K][K].[K][K].[K][K].[K][K].[K][K].[K][K].[K][K].[K][K].[K][K].[K][K].[K][K].[K][K].[K][K].[K][K].[K][K].[K][K].[K][K].[K][K].[K][K].[K][K].[K][K].[K][K].[K][K].[K][K].[K][K].[K][K].[K][K].[K][K].[K][K].[K][K].[K][K].[K][K].[K][K].[K][K].[K][K].[K][K].[K][K].[K][K].[K][K].[K][K]. The van der Waals surface area contributed by atoms with Crippen molar-refractivity contribution >= 4 is 3820 Å². The molecule has 2 aromatic carbocycles. The van der Waals surface area contributed by atoms with Gasteiger partial charge in [-0.15, -0.1) is 0 Å². The molecule has 143 heavy (non-hydrogen) atoms. The van der Waals surface area contributed by atoms with Gasteiger partial charge in [0.25, 0.3) is 0 Å². The van der Waals surface area contributed by atoms with E-state index < -0.39 is 0 Å². The van der Waals surface area contributed by atoms with Crippen LogP contribution in [0.25, 0.3) is 0 Å². The molecule has 0 atom stereocenters. The second kappa shape index (κ2) is 745. The van der Waals surface area contributed by atoms with E-state index in [0.29, 0.717) is 6.61 Å². The van der Waals surface area contributed by atoms with Gasteiger partial charge in [0.1, 0.15) is 0 Å². The van der Waals surface area contributed by atoms with Gasteiger partial charge in [0.2, 0.25) is 0 Å². The summed E-state index contributed by atoms with van der Waals surface area (Å²) in [5, 5.41) is 0. The van der Waals surface area contributed by atoms with Crippen LogP contribution in [-0.4, -0.2) is 3810 Å². The summed E-state index contributed by atoms with van der Waals surface area (Å²) in [6.07, 6.45) is 1.05. The molecule has 0 aromatic heterocycles. The predicted octanol–water partition coefficient (Wildman–Crippen LogP) is -40.3. The molecule has 0 amide bonds. The summed E-state index contributed by atoms with van der Waals surface area (Å²) in [5.41, 5.74) is 2.64. The van der Waals surface area contributed by atoms with Crippen LogP contribution in [0.5, 0.6) is 0 Å². The number of halogens is 1. The maximum atomic E-state index is 5.77. The van der Waals surface area contributed by atoms with E-state index in [9.17, 15) is 0 Å². The van der Waals surface area contributed by atoms with Crippen molar-refractivity contribution < 1.29 is 4.74 Å². The Morgan fingerprint density at radius 2 is 0.301 bits per heavy atom. The van der Waals surface area contributed by atoms with Gasteiger partial charge in [-0.05, 0) is 78.5 Å². The Balaban J connectivity index is -0.00000000922. The van der Waals surface area contributed by atoms with Gasteiger partial charge >= 0.3 is 3790 Å². The molecule has 0 N–H and O–H groups in total. The topological polar surface area (TPSA) is 12.5 Å². The fourth-order valence-corrected chi connectivity index (χ4v) is 3.87. The Bertz CT molecular complexity index is 722. The van der Waals surface area contributed by atoms with Gasteiger partial charge in [0.05, 0.1) is 6.61 Å². The van der Waals surface area contributed by atoms with Crippen LogP contribution in [-0.2, 0) is 17.9 Å². The van der Waals surface area contributed by atoms with Gasteiger partial charge in [-0.25, -0.2) is 0 Å². The van der Waals surface area contributed by atoms with Crippen molar-refractivity contribution in [2.75, 3.05) is 20.7 Å². The zero-order valence-electron chi connectivity index (χ0n) is 134. The molecular weight excluding hydrogens is 5110 g/mol. The molecule has 0 aliphatic carbocycles. The van der Waals surface area contributed by atoms with Gasteiger partial charge in [0.15, 0.2) is 0 Å². The van der Waals surface area contributed by atoms with Crippen LogP contribution in [0.4, 0.5) is 0 Å². The molecule has 0 aliphatic heterocycles. The van der Waals surface area contributed by atoms with E-state index in [0.717, 1.165) is 19.6 Å². The standard InChI is InChI=1S/C19H24INOS.120K/c1-4-11-22-14-16-12-17(20)9-10-19(16)23-18-8-6-5-7-15(18)13-21(2)3;;;;;;;;;;;;;;;;;;;;;;;;;;;;;;;;;;;;;;;;;;;;;;;;;;;;;;;;;;;;;;;;;;;;;;;;;;;;;;;;;;;;;;;;;;;;;;;;;;;;;;;;;;;;;;;;;;;;;;;;/h5-10,12H,4,11,13-14H2,1-3H3;;;;;;;;;;;;;;;;;;;;;;;;;;;;;;;;;;;;;;;;;;;;;;;;;;;;;;;;;;;;;;;;;;;;;;;;;;;;;;;;;;;;;;;;;;;;;;;;;;;;;;;;;;;;;;;;;;;;;;;;. The van der Waals surface area contributed by atoms with Crippen LogP contribution in [0.3, 0.4) is 0 Å². The summed E-state index contributed by atoms with van der Waals surface area (Å²) in [6, 6.07) is 15.3. The molecule has 124 heteroatoms. The molecule has 2 nitrogen and oxygen atoms in total. The van der Waals surface area contributed by atoms with Crippen molar-refractivity contribution in [3.05, 3.63) is 57.2 Å². The molecule has 0 fully saturated rings. The predicted molar refractivity (Wildman–Crippen MR) is 798 cm³/mol. The third-order valence-corrected chi connectivity index (χ3v) is 5.22. The van der Waals surface area contributed by atoms with Gasteiger partial charge in [-0.3, -0.25) is 0 Å². The molecule has 0 spiro atoms. The van der Waals surface area contributed by atoms with Crippen molar-refractivity contribution in [2.24, 2.45) is 0 Å². The first kappa shape index (κ1) is 494. The molecule has 0 saturated carbocycles. The average molecular weight is 5130 g/mol. The number of hydrogen-bond donors (Lipinski definition) is 0. The van der Waals surface area contributed by atoms with Gasteiger partial charge in [0, 0.05) is 26.5 Å². The summed E-state index contributed by atoms with van der Waals surface area (Å²) in [4.78, 5) is 4.81. The van der Waals surface area contributed by atoms with E-state index >= 15 is 0 Å². The third-order valence-electron chi connectivity index (χ3n) is 3.31. The first-order valence-corrected chi connectivity index (χ1v) is 1030. The quantitative estimate of drug-likeness (QED) is 0.148. The first-order valence-electron chi connectivity index (χ1n) is 67.9. The Kier molecular flexibility index (Phi) is 2570. The molecule has 0 heterocycles. The second-order valence-corrected chi connectivity index (χ2v) is 8.08. The summed E-state index contributed by atoms with van der Waals surface area (Å²) in [7, 11) is 4.21. The minimum atomic E-state index is 0.683. The normalized spacial score (nSPS) is 5.15. The molecule has 0 unspecified atom stereocenters. The fraction of sp³-hybridized carbons (Fsp3) is 0.368. The second-order valence-electron chi connectivity index (χ2n) is 5.75. The molecular formula is C19H24IK120NOS. The number of benzene rings is 2. The monoisotopic (exact) mass is 5120 g/mol. The number of hydrogen-bond acceptors (Lipinski definition) is 3. The zero-order valence-corrected chi connectivity index (χ0v) is 512. The van der Waals surface area contributed by atoms with Crippen LogP contribution < -0.4 is 0 Å². The molecule has 2 aromatic rings. The van der Waals surface area contributed by atoms with E-state index in [1.165, 1.54) is 3810 Å². The van der Waals surface area contributed by atoms with Gasteiger partial charge < -0.3 is 9.64 Å². The minimum absolute atomic E-state index is 0.683. The van der Waals surface area contributed by atoms with Gasteiger partial charge in [-0.1, -0.05) is 36.9 Å². The van der Waals surface area contributed by atoms with Crippen molar-refractivity contribution in [1.82, 2.24) is 4.90 Å². The third kappa shape index (κ3) is 703. The average Bonchev–Trinajstić information content (AvgIpc) is 0.840. The maximum absolute atomic E-state index is 5.77. The Morgan fingerprint density at radius 3 is 0.420 bits per heavy atom. The van der Waals surface area contributed by atoms with Crippen molar-refractivity contribution in [2.45, 2.75) is 36.3 Å². The molecule has 0 bridgehead atoms. The van der Waals surface area contributed by atoms with Crippen molar-refractivity contribution in [3.8, 4) is 0 Å². The molecule has 244 valence electrons. The number of rotatable bonds is 8. The van der Waals surface area contributed by atoms with E-state index in [1.807, 2.05) is 11.8 Å². The summed E-state index contributed by atoms with van der Waals surface area (Å²) in [5.74, 6) is 0. The summed E-state index contributed by atoms with van der Waals surface area (Å²) >= 11 is 154. The van der Waals surface area contributed by atoms with E-state index in [-0.39, 0.29) is 0 Å². The Hall–Kier alpha value is 196. The van der Waals surface area contributed by atoms with Crippen LogP contribution in [0.15, 0.2) is 52.3 Å². The van der Waals surface area contributed by atoms with Crippen molar-refractivity contribution in [1.29, 1.82) is 0 Å². The van der Waals surface area contributed by atoms with Crippen LogP contribution in [0.1, 0.15) is 24.5 Å². The molecule has 0 saturated heterocycles. The fourth-order valence-electron chi connectivity index (χ4n) is 2.28.